The van der Waals surface area contributed by atoms with E-state index in [-0.39, 0.29) is 5.82 Å². The average Bonchev–Trinajstić information content (AvgIpc) is 2.18. The molecule has 0 fully saturated rings. The van der Waals surface area contributed by atoms with E-state index in [0.29, 0.717) is 11.1 Å². The number of benzene rings is 1. The van der Waals surface area contributed by atoms with Crippen LogP contribution >= 0.6 is 0 Å². The monoisotopic (exact) mass is 177 g/mol. The smallest absolute Gasteiger partial charge is 0.134 e. The molecule has 0 saturated carbocycles. The molecule has 0 atom stereocenters. The number of hydrogen-bond acceptors (Lipinski definition) is 2. The molecule has 0 amide bonds. The van der Waals surface area contributed by atoms with Crippen LogP contribution in [0.15, 0.2) is 30.6 Å². The minimum absolute atomic E-state index is 0.281. The van der Waals surface area contributed by atoms with E-state index in [4.69, 9.17) is 4.74 Å². The number of fused-ring (bicyclic) bond motifs is 1. The molecule has 0 aliphatic rings. The zero-order valence-electron chi connectivity index (χ0n) is 7.12. The van der Waals surface area contributed by atoms with Crippen molar-refractivity contribution in [3.63, 3.8) is 0 Å². The van der Waals surface area contributed by atoms with Crippen LogP contribution in [0, 0.1) is 5.82 Å². The minimum Gasteiger partial charge on any atom is -0.497 e. The molecule has 0 saturated heterocycles. The van der Waals surface area contributed by atoms with Crippen LogP contribution in [0.3, 0.4) is 0 Å². The van der Waals surface area contributed by atoms with Gasteiger partial charge in [-0.1, -0.05) is 0 Å². The van der Waals surface area contributed by atoms with E-state index in [1.165, 1.54) is 13.2 Å². The standard InChI is InChI=1S/C10H8FNO/c1-13-8-4-7-6-12-3-2-9(7)10(11)5-8/h2-6H,1H3. The van der Waals surface area contributed by atoms with Crippen LogP contribution < -0.4 is 4.74 Å². The van der Waals surface area contributed by atoms with Crippen molar-refractivity contribution in [1.82, 2.24) is 4.98 Å². The second-order valence-electron chi connectivity index (χ2n) is 2.71. The van der Waals surface area contributed by atoms with E-state index >= 15 is 0 Å². The largest absolute Gasteiger partial charge is 0.497 e. The van der Waals surface area contributed by atoms with Crippen LogP contribution in [0.4, 0.5) is 4.39 Å². The molecule has 0 spiro atoms. The van der Waals surface area contributed by atoms with Gasteiger partial charge >= 0.3 is 0 Å². The lowest BCUT2D eigenvalue weighted by molar-refractivity contribution is 0.412. The summed E-state index contributed by atoms with van der Waals surface area (Å²) in [5.74, 6) is 0.231. The Balaban J connectivity index is 2.77. The van der Waals surface area contributed by atoms with Gasteiger partial charge in [0.15, 0.2) is 0 Å². The van der Waals surface area contributed by atoms with Crippen molar-refractivity contribution in [3.8, 4) is 5.75 Å². The molecule has 66 valence electrons. The number of pyridine rings is 1. The van der Waals surface area contributed by atoms with E-state index in [1.54, 1.807) is 24.5 Å². The van der Waals surface area contributed by atoms with Crippen molar-refractivity contribution < 1.29 is 9.13 Å². The predicted octanol–water partition coefficient (Wildman–Crippen LogP) is 2.38. The summed E-state index contributed by atoms with van der Waals surface area (Å²) in [4.78, 5) is 3.91. The molecule has 2 rings (SSSR count). The van der Waals surface area contributed by atoms with Gasteiger partial charge in [-0.05, 0) is 12.1 Å². The van der Waals surface area contributed by atoms with Gasteiger partial charge in [-0.15, -0.1) is 0 Å². The topological polar surface area (TPSA) is 22.1 Å². The first kappa shape index (κ1) is 7.98. The van der Waals surface area contributed by atoms with E-state index in [0.717, 1.165) is 5.39 Å². The molecule has 0 aliphatic heterocycles. The van der Waals surface area contributed by atoms with Gasteiger partial charge < -0.3 is 4.74 Å². The molecule has 2 nitrogen and oxygen atoms in total. The summed E-state index contributed by atoms with van der Waals surface area (Å²) in [7, 11) is 1.51. The number of ether oxygens (including phenoxy) is 1. The Morgan fingerprint density at radius 2 is 2.23 bits per heavy atom. The quantitative estimate of drug-likeness (QED) is 0.667. The first-order chi connectivity index (χ1) is 6.31. The Morgan fingerprint density at radius 1 is 1.38 bits per heavy atom. The predicted molar refractivity (Wildman–Crippen MR) is 48.3 cm³/mol. The van der Waals surface area contributed by atoms with Crippen molar-refractivity contribution in [2.75, 3.05) is 7.11 Å². The fraction of sp³-hybridized carbons (Fsp3) is 0.100. The zero-order valence-corrected chi connectivity index (χ0v) is 7.12. The molecular formula is C10H8FNO. The van der Waals surface area contributed by atoms with Gasteiger partial charge in [0, 0.05) is 29.2 Å². The third-order valence-electron chi connectivity index (χ3n) is 1.91. The normalized spacial score (nSPS) is 10.3. The van der Waals surface area contributed by atoms with Crippen molar-refractivity contribution in [2.45, 2.75) is 0 Å². The highest BCUT2D eigenvalue weighted by atomic mass is 19.1. The van der Waals surface area contributed by atoms with Crippen LogP contribution in [0.25, 0.3) is 10.8 Å². The van der Waals surface area contributed by atoms with Gasteiger partial charge in [0.05, 0.1) is 7.11 Å². The van der Waals surface area contributed by atoms with Crippen LogP contribution in [-0.2, 0) is 0 Å². The Hall–Kier alpha value is -1.64. The number of hydrogen-bond donors (Lipinski definition) is 0. The minimum atomic E-state index is -0.281. The summed E-state index contributed by atoms with van der Waals surface area (Å²) in [6, 6.07) is 4.76. The van der Waals surface area contributed by atoms with Gasteiger partial charge in [0.25, 0.3) is 0 Å². The first-order valence-electron chi connectivity index (χ1n) is 3.88. The number of rotatable bonds is 1. The van der Waals surface area contributed by atoms with Crippen LogP contribution in [0.5, 0.6) is 5.75 Å². The van der Waals surface area contributed by atoms with Crippen molar-refractivity contribution in [3.05, 3.63) is 36.4 Å². The van der Waals surface area contributed by atoms with Crippen molar-refractivity contribution in [2.24, 2.45) is 0 Å². The maximum absolute atomic E-state index is 13.3. The van der Waals surface area contributed by atoms with Gasteiger partial charge in [-0.25, -0.2) is 4.39 Å². The molecule has 13 heavy (non-hydrogen) atoms. The molecule has 1 heterocycles. The Bertz CT molecular complexity index is 442. The van der Waals surface area contributed by atoms with Crippen LogP contribution in [0.2, 0.25) is 0 Å². The third kappa shape index (κ3) is 1.33. The second kappa shape index (κ2) is 3.01. The number of methoxy groups -OCH3 is 1. The van der Waals surface area contributed by atoms with Gasteiger partial charge in [0.2, 0.25) is 0 Å². The lowest BCUT2D eigenvalue weighted by Crippen LogP contribution is -1.86. The maximum Gasteiger partial charge on any atom is 0.134 e. The average molecular weight is 177 g/mol. The molecule has 0 N–H and O–H groups in total. The molecule has 1 aromatic carbocycles. The fourth-order valence-electron chi connectivity index (χ4n) is 1.25. The molecular weight excluding hydrogens is 169 g/mol. The summed E-state index contributed by atoms with van der Waals surface area (Å²) >= 11 is 0. The summed E-state index contributed by atoms with van der Waals surface area (Å²) in [5.41, 5.74) is 0. The van der Waals surface area contributed by atoms with E-state index in [9.17, 15) is 4.39 Å². The van der Waals surface area contributed by atoms with Gasteiger partial charge in [0.1, 0.15) is 11.6 Å². The highest BCUT2D eigenvalue weighted by Gasteiger charge is 2.02. The van der Waals surface area contributed by atoms with E-state index < -0.39 is 0 Å². The molecule has 0 unspecified atom stereocenters. The summed E-state index contributed by atoms with van der Waals surface area (Å²) in [6.45, 7) is 0. The number of halogens is 1. The van der Waals surface area contributed by atoms with Crippen LogP contribution in [0.1, 0.15) is 0 Å². The second-order valence-corrected chi connectivity index (χ2v) is 2.71. The molecule has 0 bridgehead atoms. The Labute approximate surface area is 75.0 Å². The fourth-order valence-corrected chi connectivity index (χ4v) is 1.25. The highest BCUT2D eigenvalue weighted by Crippen LogP contribution is 2.22. The first-order valence-corrected chi connectivity index (χ1v) is 3.88. The molecule has 1 aromatic heterocycles. The lowest BCUT2D eigenvalue weighted by Gasteiger charge is -2.02. The summed E-state index contributed by atoms with van der Waals surface area (Å²) < 4.78 is 18.3. The SMILES string of the molecule is COc1cc(F)c2ccncc2c1. The molecule has 0 radical (unpaired) electrons. The Morgan fingerprint density at radius 3 is 3.00 bits per heavy atom. The molecule has 0 aliphatic carbocycles. The third-order valence-corrected chi connectivity index (χ3v) is 1.91. The number of nitrogens with zero attached hydrogens (tertiary/aromatic N) is 1. The van der Waals surface area contributed by atoms with Crippen molar-refractivity contribution >= 4 is 10.8 Å². The summed E-state index contributed by atoms with van der Waals surface area (Å²) in [6.07, 6.45) is 3.18. The van der Waals surface area contributed by atoms with E-state index in [2.05, 4.69) is 4.98 Å². The summed E-state index contributed by atoms with van der Waals surface area (Å²) in [5, 5.41) is 1.31. The Kier molecular flexibility index (Phi) is 1.85. The highest BCUT2D eigenvalue weighted by molar-refractivity contribution is 5.83. The number of aromatic nitrogens is 1. The molecule has 3 heteroatoms. The van der Waals surface area contributed by atoms with Crippen LogP contribution in [-0.4, -0.2) is 12.1 Å². The zero-order chi connectivity index (χ0) is 9.26. The van der Waals surface area contributed by atoms with Gasteiger partial charge in [-0.2, -0.15) is 0 Å². The van der Waals surface area contributed by atoms with Crippen molar-refractivity contribution in [1.29, 1.82) is 0 Å². The molecule has 2 aromatic rings. The van der Waals surface area contributed by atoms with E-state index in [1.807, 2.05) is 0 Å². The lowest BCUT2D eigenvalue weighted by atomic mass is 10.1. The van der Waals surface area contributed by atoms with Gasteiger partial charge in [-0.3, -0.25) is 4.98 Å². The maximum atomic E-state index is 13.3.